The highest BCUT2D eigenvalue weighted by Gasteiger charge is 2.22. The van der Waals surface area contributed by atoms with E-state index in [1.807, 2.05) is 6.07 Å². The molecule has 0 saturated carbocycles. The summed E-state index contributed by atoms with van der Waals surface area (Å²) in [5.41, 5.74) is 4.23. The zero-order valence-electron chi connectivity index (χ0n) is 13.8. The summed E-state index contributed by atoms with van der Waals surface area (Å²) in [6, 6.07) is 11.1. The predicted molar refractivity (Wildman–Crippen MR) is 91.8 cm³/mol. The number of hydrogen-bond acceptors (Lipinski definition) is 3. The molecule has 0 fully saturated rings. The van der Waals surface area contributed by atoms with Gasteiger partial charge in [-0.25, -0.2) is 0 Å². The Labute approximate surface area is 141 Å². The van der Waals surface area contributed by atoms with E-state index in [9.17, 15) is 15.0 Å². The zero-order valence-corrected chi connectivity index (χ0v) is 13.8. The second-order valence-electron chi connectivity index (χ2n) is 6.34. The van der Waals surface area contributed by atoms with Crippen LogP contribution in [0.4, 0.5) is 0 Å². The quantitative estimate of drug-likeness (QED) is 0.879. The van der Waals surface area contributed by atoms with Crippen LogP contribution in [0.3, 0.4) is 0 Å². The first-order chi connectivity index (χ1) is 11.6. The normalized spacial score (nSPS) is 14.7. The van der Waals surface area contributed by atoms with Gasteiger partial charge in [-0.1, -0.05) is 24.3 Å². The summed E-state index contributed by atoms with van der Waals surface area (Å²) in [4.78, 5) is 11.8. The smallest absolute Gasteiger partial charge is 0.311 e. The molecular formula is C20H22O4. The number of phenolic OH excluding ortho intramolecular Hbond substituents is 1. The van der Waals surface area contributed by atoms with Crippen molar-refractivity contribution in [2.45, 2.75) is 38.0 Å². The van der Waals surface area contributed by atoms with Crippen LogP contribution >= 0.6 is 0 Å². The van der Waals surface area contributed by atoms with E-state index < -0.39 is 11.9 Å². The van der Waals surface area contributed by atoms with Crippen LogP contribution < -0.4 is 4.74 Å². The molecule has 24 heavy (non-hydrogen) atoms. The lowest BCUT2D eigenvalue weighted by atomic mass is 9.85. The van der Waals surface area contributed by atoms with Crippen LogP contribution in [-0.2, 0) is 24.1 Å². The lowest BCUT2D eigenvalue weighted by Gasteiger charge is -2.19. The molecule has 3 rings (SSSR count). The van der Waals surface area contributed by atoms with Crippen molar-refractivity contribution in [3.63, 3.8) is 0 Å². The molecule has 1 aliphatic rings. The maximum atomic E-state index is 11.8. The Hall–Kier alpha value is -2.49. The third kappa shape index (κ3) is 3.37. The number of carbonyl (C=O) groups is 1. The first-order valence-electron chi connectivity index (χ1n) is 8.29. The van der Waals surface area contributed by atoms with Crippen molar-refractivity contribution in [1.82, 2.24) is 0 Å². The number of aryl methyl sites for hydroxylation is 2. The van der Waals surface area contributed by atoms with Crippen molar-refractivity contribution in [3.8, 4) is 11.5 Å². The SMILES string of the molecule is COc1ccc(CC(C(=O)O)c2ccc3c(c2)CCCC3)cc1O. The van der Waals surface area contributed by atoms with Crippen molar-refractivity contribution < 1.29 is 19.7 Å². The number of carboxylic acids is 1. The summed E-state index contributed by atoms with van der Waals surface area (Å²) in [6.45, 7) is 0. The lowest BCUT2D eigenvalue weighted by molar-refractivity contribution is -0.138. The molecule has 1 aliphatic carbocycles. The van der Waals surface area contributed by atoms with Gasteiger partial charge in [0.2, 0.25) is 0 Å². The fraction of sp³-hybridized carbons (Fsp3) is 0.350. The molecule has 0 spiro atoms. The van der Waals surface area contributed by atoms with E-state index in [1.54, 1.807) is 18.2 Å². The van der Waals surface area contributed by atoms with Crippen LogP contribution in [0, 0.1) is 0 Å². The number of ether oxygens (including phenoxy) is 1. The van der Waals surface area contributed by atoms with Crippen molar-refractivity contribution in [3.05, 3.63) is 58.7 Å². The second kappa shape index (κ2) is 6.95. The van der Waals surface area contributed by atoms with Gasteiger partial charge in [0, 0.05) is 0 Å². The van der Waals surface area contributed by atoms with E-state index in [0.717, 1.165) is 24.0 Å². The number of aliphatic carboxylic acids is 1. The Morgan fingerprint density at radius 1 is 1.12 bits per heavy atom. The summed E-state index contributed by atoms with van der Waals surface area (Å²) in [5.74, 6) is -1.05. The van der Waals surface area contributed by atoms with Gasteiger partial charge in [-0.05, 0) is 66.5 Å². The average Bonchev–Trinajstić information content (AvgIpc) is 2.59. The zero-order chi connectivity index (χ0) is 17.1. The summed E-state index contributed by atoms with van der Waals surface area (Å²) >= 11 is 0. The molecule has 1 unspecified atom stereocenters. The van der Waals surface area contributed by atoms with Gasteiger partial charge in [-0.2, -0.15) is 0 Å². The summed E-state index contributed by atoms with van der Waals surface area (Å²) < 4.78 is 5.03. The predicted octanol–water partition coefficient (Wildman–Crippen LogP) is 3.69. The van der Waals surface area contributed by atoms with Crippen LogP contribution in [0.2, 0.25) is 0 Å². The van der Waals surface area contributed by atoms with E-state index in [1.165, 1.54) is 31.1 Å². The molecule has 0 aliphatic heterocycles. The number of carboxylic acid groups (broad SMARTS) is 1. The maximum Gasteiger partial charge on any atom is 0.311 e. The van der Waals surface area contributed by atoms with Crippen LogP contribution in [-0.4, -0.2) is 23.3 Å². The first-order valence-corrected chi connectivity index (χ1v) is 8.29. The van der Waals surface area contributed by atoms with Crippen molar-refractivity contribution >= 4 is 5.97 Å². The van der Waals surface area contributed by atoms with Gasteiger partial charge in [0.05, 0.1) is 13.0 Å². The lowest BCUT2D eigenvalue weighted by Crippen LogP contribution is -2.15. The molecule has 0 saturated heterocycles. The molecule has 4 nitrogen and oxygen atoms in total. The summed E-state index contributed by atoms with van der Waals surface area (Å²) in [6.07, 6.45) is 4.82. The Balaban J connectivity index is 1.87. The largest absolute Gasteiger partial charge is 0.504 e. The van der Waals surface area contributed by atoms with Crippen LogP contribution in [0.1, 0.15) is 41.0 Å². The Morgan fingerprint density at radius 3 is 2.54 bits per heavy atom. The molecule has 126 valence electrons. The molecular weight excluding hydrogens is 304 g/mol. The molecule has 2 N–H and O–H groups in total. The number of phenols is 1. The van der Waals surface area contributed by atoms with E-state index in [2.05, 4.69) is 12.1 Å². The van der Waals surface area contributed by atoms with Crippen LogP contribution in [0.5, 0.6) is 11.5 Å². The summed E-state index contributed by atoms with van der Waals surface area (Å²) in [7, 11) is 1.49. The van der Waals surface area contributed by atoms with E-state index in [-0.39, 0.29) is 5.75 Å². The number of fused-ring (bicyclic) bond motifs is 1. The van der Waals surface area contributed by atoms with Crippen molar-refractivity contribution in [1.29, 1.82) is 0 Å². The van der Waals surface area contributed by atoms with E-state index in [0.29, 0.717) is 12.2 Å². The number of methoxy groups -OCH3 is 1. The minimum atomic E-state index is -0.846. The molecule has 0 aromatic heterocycles. The molecule has 0 heterocycles. The van der Waals surface area contributed by atoms with Gasteiger partial charge in [0.25, 0.3) is 0 Å². The van der Waals surface area contributed by atoms with Gasteiger partial charge < -0.3 is 14.9 Å². The number of aromatic hydroxyl groups is 1. The van der Waals surface area contributed by atoms with Crippen LogP contribution in [0.25, 0.3) is 0 Å². The molecule has 0 radical (unpaired) electrons. The van der Waals surface area contributed by atoms with E-state index in [4.69, 9.17) is 4.74 Å². The van der Waals surface area contributed by atoms with Gasteiger partial charge in [0.15, 0.2) is 11.5 Å². The highest BCUT2D eigenvalue weighted by Crippen LogP contribution is 2.31. The summed E-state index contributed by atoms with van der Waals surface area (Å²) in [5, 5.41) is 19.6. The van der Waals surface area contributed by atoms with E-state index >= 15 is 0 Å². The Bertz CT molecular complexity index is 751. The number of hydrogen-bond donors (Lipinski definition) is 2. The van der Waals surface area contributed by atoms with Gasteiger partial charge in [-0.15, -0.1) is 0 Å². The molecule has 2 aromatic carbocycles. The van der Waals surface area contributed by atoms with Gasteiger partial charge >= 0.3 is 5.97 Å². The molecule has 4 heteroatoms. The van der Waals surface area contributed by atoms with Crippen molar-refractivity contribution in [2.75, 3.05) is 7.11 Å². The highest BCUT2D eigenvalue weighted by atomic mass is 16.5. The minimum absolute atomic E-state index is 0.0320. The Morgan fingerprint density at radius 2 is 1.88 bits per heavy atom. The molecule has 1 atom stereocenters. The first kappa shape index (κ1) is 16.4. The molecule has 0 amide bonds. The fourth-order valence-corrected chi connectivity index (χ4v) is 3.42. The molecule has 0 bridgehead atoms. The standard InChI is InChI=1S/C20H22O4/c1-24-19-9-6-13(11-18(19)21)10-17(20(22)23)16-8-7-14-4-2-3-5-15(14)12-16/h6-9,11-12,17,21H,2-5,10H2,1H3,(H,22,23). The monoisotopic (exact) mass is 326 g/mol. The maximum absolute atomic E-state index is 11.8. The fourth-order valence-electron chi connectivity index (χ4n) is 3.42. The van der Waals surface area contributed by atoms with Gasteiger partial charge in [-0.3, -0.25) is 4.79 Å². The number of rotatable bonds is 5. The topological polar surface area (TPSA) is 66.8 Å². The van der Waals surface area contributed by atoms with Crippen LogP contribution in [0.15, 0.2) is 36.4 Å². The third-order valence-corrected chi connectivity index (χ3v) is 4.76. The highest BCUT2D eigenvalue weighted by molar-refractivity contribution is 5.76. The minimum Gasteiger partial charge on any atom is -0.504 e. The van der Waals surface area contributed by atoms with Gasteiger partial charge in [0.1, 0.15) is 0 Å². The second-order valence-corrected chi connectivity index (χ2v) is 6.34. The third-order valence-electron chi connectivity index (χ3n) is 4.76. The molecule has 2 aromatic rings. The number of benzene rings is 2. The Kier molecular flexibility index (Phi) is 4.74. The average molecular weight is 326 g/mol. The van der Waals surface area contributed by atoms with Crippen molar-refractivity contribution in [2.24, 2.45) is 0 Å².